The van der Waals surface area contributed by atoms with E-state index in [1.807, 2.05) is 160 Å². The van der Waals surface area contributed by atoms with Crippen molar-refractivity contribution in [1.29, 1.82) is 0 Å². The molecule has 20 rings (SSSR count). The Kier molecular flexibility index (Phi) is 27.0. The lowest BCUT2D eigenvalue weighted by Crippen LogP contribution is -2.41. The summed E-state index contributed by atoms with van der Waals surface area (Å²) in [6, 6.07) is 70.9. The van der Waals surface area contributed by atoms with E-state index in [4.69, 9.17) is 9.72 Å². The third-order valence-corrected chi connectivity index (χ3v) is 32.0. The van der Waals surface area contributed by atoms with E-state index in [0.717, 1.165) is 119 Å². The van der Waals surface area contributed by atoms with Gasteiger partial charge in [0.15, 0.2) is 5.82 Å². The highest BCUT2D eigenvalue weighted by atomic mass is 32.2. The predicted molar refractivity (Wildman–Crippen MR) is 531 cm³/mol. The Morgan fingerprint density at radius 2 is 0.957 bits per heavy atom. The molecular weight excluding hydrogens is 1860 g/mol. The summed E-state index contributed by atoms with van der Waals surface area (Å²) in [5, 5.41) is 13.2. The molecule has 138 heavy (non-hydrogen) atoms. The smallest absolute Gasteiger partial charge is 0.303 e. The van der Waals surface area contributed by atoms with Gasteiger partial charge >= 0.3 is 30.6 Å². The molecule has 10 aromatic carbocycles. The highest BCUT2D eigenvalue weighted by Crippen LogP contribution is 2.37. The molecule has 4 fully saturated rings. The number of aromatic nitrogens is 7. The summed E-state index contributed by atoms with van der Waals surface area (Å²) < 4.78 is 172. The maximum Gasteiger partial charge on any atom is 0.303 e. The third-order valence-electron chi connectivity index (χ3n) is 23.4. The first-order chi connectivity index (χ1) is 66.1. The molecule has 0 radical (unpaired) electrons. The maximum atomic E-state index is 14.9. The average molecular weight is 1950 g/mol. The molecule has 16 aromatic rings. The number of benzene rings is 10. The highest BCUT2D eigenvalue weighted by Gasteiger charge is 2.37. The van der Waals surface area contributed by atoms with Crippen molar-refractivity contribution < 1.29 is 70.0 Å². The third kappa shape index (κ3) is 20.4. The van der Waals surface area contributed by atoms with Crippen molar-refractivity contribution in [3.63, 3.8) is 0 Å². The Hall–Kier alpha value is -15.1. The van der Waals surface area contributed by atoms with Crippen LogP contribution >= 0.6 is 0 Å². The molecule has 0 saturated carbocycles. The summed E-state index contributed by atoms with van der Waals surface area (Å²) in [4.78, 5) is 69.7. The van der Waals surface area contributed by atoms with E-state index in [2.05, 4.69) is 55.3 Å². The zero-order chi connectivity index (χ0) is 97.1. The van der Waals surface area contributed by atoms with Crippen molar-refractivity contribution in [2.45, 2.75) is 32.6 Å². The molecule has 4 aliphatic heterocycles. The van der Waals surface area contributed by atoms with Gasteiger partial charge in [-0.15, -0.1) is 0 Å². The number of amides is 3. The first-order valence-corrected chi connectivity index (χ1v) is 50.5. The van der Waals surface area contributed by atoms with Crippen LogP contribution in [0.2, 0.25) is 0 Å². The number of aryl methyl sites for hydroxylation is 4. The number of sulfonamides is 2. The van der Waals surface area contributed by atoms with Crippen molar-refractivity contribution in [2.75, 3.05) is 110 Å². The van der Waals surface area contributed by atoms with Crippen molar-refractivity contribution in [3.8, 4) is 45.2 Å². The van der Waals surface area contributed by atoms with Crippen LogP contribution in [0.5, 0.6) is 0 Å². The molecule has 32 nitrogen and oxygen atoms in total. The molecule has 39 heteroatoms. The van der Waals surface area contributed by atoms with Gasteiger partial charge in [0.25, 0.3) is 27.7 Å². The van der Waals surface area contributed by atoms with Crippen LogP contribution in [0.4, 0.5) is 54.3 Å². The lowest BCUT2D eigenvalue weighted by atomic mass is 9.99. The SMILES string of the molecule is CN1CCN(c2ccc(C(=O)Nc3cccc(-c4ccc5cnccc5n4)c3)cc2)S1(=O)=O.Cc1ccc(NC(=O)c2ccc(N3CCN(C)S3(=O)=O)cc2F)cc1-c1ccc2cnccc2n1.Cc1ccc(NC(=O)c2ccc(N3CCNS3(=O)=O)cc2F)cc1-c1nccc2ccccc12.Cc1ccc(NS(=O)(=O)c2ccc(N3COCCS3(=O)=O)cc2C)cc1-c1ncc2ccccc2n1. The van der Waals surface area contributed by atoms with Gasteiger partial charge in [0, 0.05) is 163 Å². The van der Waals surface area contributed by atoms with E-state index in [9.17, 15) is 65.3 Å². The highest BCUT2D eigenvalue weighted by molar-refractivity contribution is 7.93. The van der Waals surface area contributed by atoms with Gasteiger partial charge < -0.3 is 20.7 Å². The fraction of sp³-hybridized carbons (Fsp3) is 0.152. The number of nitrogens with zero attached hydrogens (tertiary/aromatic N) is 13. The number of hydrogen-bond acceptors (Lipinski definition) is 21. The molecule has 0 unspecified atom stereocenters. The molecular formula is C99H88F2N18O14S5. The fourth-order valence-corrected chi connectivity index (χ4v) is 22.3. The van der Waals surface area contributed by atoms with Gasteiger partial charge in [-0.2, -0.15) is 38.6 Å². The summed E-state index contributed by atoms with van der Waals surface area (Å²) in [6.07, 6.45) is 10.4. The number of fused-ring (bicyclic) bond motifs is 4. The molecule has 3 amide bonds. The number of pyridine rings is 5. The van der Waals surface area contributed by atoms with Crippen LogP contribution in [-0.4, -0.2) is 176 Å². The molecule has 5 N–H and O–H groups in total. The van der Waals surface area contributed by atoms with E-state index >= 15 is 0 Å². The molecule has 0 atom stereocenters. The average Bonchev–Trinajstić information content (AvgIpc) is 1.60. The Morgan fingerprint density at radius 1 is 0.428 bits per heavy atom. The monoisotopic (exact) mass is 1950 g/mol. The molecule has 0 spiro atoms. The molecule has 0 bridgehead atoms. The Labute approximate surface area is 794 Å². The summed E-state index contributed by atoms with van der Waals surface area (Å²) >= 11 is 0. The first kappa shape index (κ1) is 94.7. The van der Waals surface area contributed by atoms with Crippen LogP contribution in [-0.2, 0) is 55.4 Å². The summed E-state index contributed by atoms with van der Waals surface area (Å²) in [6.45, 7) is 9.26. The number of ether oxygens (including phenoxy) is 1. The minimum atomic E-state index is -3.96. The zero-order valence-corrected chi connectivity index (χ0v) is 78.9. The van der Waals surface area contributed by atoms with Crippen molar-refractivity contribution in [2.24, 2.45) is 0 Å². The lowest BCUT2D eigenvalue weighted by Gasteiger charge is -2.28. The van der Waals surface area contributed by atoms with E-state index in [1.54, 1.807) is 106 Å². The second kappa shape index (κ2) is 39.3. The van der Waals surface area contributed by atoms with Gasteiger partial charge in [-0.3, -0.25) is 47.0 Å². The van der Waals surface area contributed by atoms with Gasteiger partial charge in [0.2, 0.25) is 10.0 Å². The maximum absolute atomic E-state index is 14.9. The molecule has 10 heterocycles. The second-order valence-corrected chi connectivity index (χ2v) is 41.9. The van der Waals surface area contributed by atoms with Crippen LogP contribution in [0.15, 0.2) is 291 Å². The Morgan fingerprint density at radius 3 is 1.57 bits per heavy atom. The number of carbonyl (C=O) groups excluding carboxylic acids is 3. The number of halogens is 2. The number of anilines is 8. The topological polar surface area (TPSA) is 401 Å². The van der Waals surface area contributed by atoms with Crippen LogP contribution < -0.4 is 42.6 Å². The number of likely N-dealkylation sites (N-methyl/N-ethyl adjacent to an activating group) is 2. The molecule has 702 valence electrons. The number of para-hydroxylation sites is 1. The summed E-state index contributed by atoms with van der Waals surface area (Å²) in [5.74, 6) is -2.78. The molecule has 0 aliphatic carbocycles. The van der Waals surface area contributed by atoms with Gasteiger partial charge in [-0.1, -0.05) is 72.8 Å². The van der Waals surface area contributed by atoms with Gasteiger partial charge in [0.1, 0.15) is 18.4 Å². The quantitative estimate of drug-likeness (QED) is 0.0565. The number of nitrogens with one attached hydrogen (secondary N) is 5. The zero-order valence-electron chi connectivity index (χ0n) is 74.8. The Bertz CT molecular complexity index is 8140. The summed E-state index contributed by atoms with van der Waals surface area (Å²) in [5.41, 5.74) is 14.6. The second-order valence-electron chi connectivity index (χ2n) is 32.6. The van der Waals surface area contributed by atoms with E-state index in [0.29, 0.717) is 76.3 Å². The first-order valence-electron chi connectivity index (χ1n) is 43.1. The lowest BCUT2D eigenvalue weighted by molar-refractivity contribution is 0.101. The van der Waals surface area contributed by atoms with Gasteiger partial charge in [0.05, 0.1) is 84.8 Å². The number of rotatable bonds is 17. The predicted octanol–water partition coefficient (Wildman–Crippen LogP) is 15.6. The van der Waals surface area contributed by atoms with E-state index in [-0.39, 0.29) is 72.0 Å². The van der Waals surface area contributed by atoms with Crippen LogP contribution in [0.1, 0.15) is 53.3 Å². The minimum Gasteiger partial charge on any atom is -0.359 e. The molecule has 4 aliphatic rings. The van der Waals surface area contributed by atoms with Crippen LogP contribution in [0, 0.1) is 39.3 Å². The van der Waals surface area contributed by atoms with Crippen LogP contribution in [0.3, 0.4) is 0 Å². The standard InChI is InChI=1S/C25H22FN5O3S.C25H21FN4O3S.C25H24N4O5S2.C24H21N5O3S/c1-16-3-5-18(13-21(16)24-8-4-17-15-27-10-9-23(17)29-24)28-25(32)20-7-6-19(14-22(20)26)31-12-11-30(2)35(31,33)34;1-16-6-7-18(14-22(16)24-20-5-3-2-4-17(20)10-11-27-24)29-25(31)21-9-8-19(15-23(21)26)30-13-12-28-34(30,32)33;1-17-7-8-20(14-22(17)25-26-15-19-5-3-4-6-23(19)27-25)28-36(32,33)24-10-9-21(13-18(24)2)29-16-34-11-12-35(29,30)31;1-28-13-14-29(33(28,31)32)21-8-5-17(6-9-21)24(30)26-20-4-2-3-18(15-20)22-10-7-19-16-25-12-11-23(19)27-22/h3-10,13-15H,11-12H2,1-2H3,(H,28,32);2-11,14-15,28H,12-13H2,1H3,(H,29,31);3-10,13-15,28H,11-12,16H2,1-2H3;2-12,15-16H,13-14H2,1H3,(H,26,30). The Balaban J connectivity index is 0.000000127. The van der Waals surface area contributed by atoms with Crippen molar-refractivity contribution >= 4 is 157 Å². The van der Waals surface area contributed by atoms with E-state index in [1.165, 1.54) is 62.4 Å². The van der Waals surface area contributed by atoms with Gasteiger partial charge in [-0.25, -0.2) is 49.9 Å². The van der Waals surface area contributed by atoms with Gasteiger partial charge in [-0.05, 0) is 231 Å². The number of hydrogen-bond donors (Lipinski definition) is 5. The molecule has 4 saturated heterocycles. The molecule has 6 aromatic heterocycles. The van der Waals surface area contributed by atoms with Crippen LogP contribution in [0.25, 0.3) is 88.6 Å². The summed E-state index contributed by atoms with van der Waals surface area (Å²) in [7, 11) is -15.3. The fourth-order valence-electron chi connectivity index (χ4n) is 15.9. The van der Waals surface area contributed by atoms with Crippen molar-refractivity contribution in [3.05, 3.63) is 336 Å². The van der Waals surface area contributed by atoms with Crippen molar-refractivity contribution in [1.82, 2.24) is 48.2 Å². The van der Waals surface area contributed by atoms with E-state index < -0.39 is 74.1 Å². The minimum absolute atomic E-state index is 0.0469. The normalized spacial score (nSPS) is 15.4. The largest absolute Gasteiger partial charge is 0.359 e. The number of carbonyl (C=O) groups is 3.